The molecule has 9 nitrogen and oxygen atoms in total. The van der Waals surface area contributed by atoms with Gasteiger partial charge in [-0.2, -0.15) is 0 Å². The van der Waals surface area contributed by atoms with Crippen LogP contribution in [0.3, 0.4) is 0 Å². The molecule has 27 heavy (non-hydrogen) atoms. The maximum atomic E-state index is 12.6. The predicted molar refractivity (Wildman–Crippen MR) is 88.7 cm³/mol. The Bertz CT molecular complexity index is 803. The second-order valence-electron chi connectivity index (χ2n) is 7.26. The number of hydrogen-bond acceptors (Lipinski definition) is 9. The first-order valence-corrected chi connectivity index (χ1v) is 8.19. The van der Waals surface area contributed by atoms with Crippen LogP contribution in [-0.4, -0.2) is 69.0 Å². The van der Waals surface area contributed by atoms with Gasteiger partial charge in [0, 0.05) is 11.1 Å². The van der Waals surface area contributed by atoms with Gasteiger partial charge in [0.05, 0.1) is 25.4 Å². The van der Waals surface area contributed by atoms with Gasteiger partial charge in [-0.15, -0.1) is 0 Å². The van der Waals surface area contributed by atoms with E-state index in [9.17, 15) is 30.0 Å². The van der Waals surface area contributed by atoms with E-state index in [4.69, 9.17) is 14.2 Å². The predicted octanol–water partition coefficient (Wildman–Crippen LogP) is -0.801. The molecule has 0 saturated heterocycles. The lowest BCUT2D eigenvalue weighted by Gasteiger charge is -2.45. The molecule has 0 bridgehead atoms. The highest BCUT2D eigenvalue weighted by Gasteiger charge is 2.75. The molecule has 0 fully saturated rings. The molecule has 1 heterocycles. The van der Waals surface area contributed by atoms with Crippen molar-refractivity contribution >= 4 is 11.6 Å². The van der Waals surface area contributed by atoms with Crippen LogP contribution < -0.4 is 0 Å². The third kappa shape index (κ3) is 1.90. The van der Waals surface area contributed by atoms with Gasteiger partial charge >= 0.3 is 0 Å². The first-order chi connectivity index (χ1) is 12.2. The number of rotatable bonds is 2. The molecule has 0 saturated carbocycles. The highest BCUT2D eigenvalue weighted by atomic mass is 16.7. The second kappa shape index (κ2) is 5.27. The van der Waals surface area contributed by atoms with Gasteiger partial charge in [-0.1, -0.05) is 0 Å². The number of hydrogen-bond donors (Lipinski definition) is 4. The van der Waals surface area contributed by atoms with Crippen LogP contribution in [0.25, 0.3) is 0 Å². The van der Waals surface area contributed by atoms with Crippen molar-refractivity contribution in [1.29, 1.82) is 0 Å². The first-order valence-electron chi connectivity index (χ1n) is 8.19. The molecular formula is C18H22O9. The molecule has 4 unspecified atom stereocenters. The van der Waals surface area contributed by atoms with Gasteiger partial charge in [-0.3, -0.25) is 9.59 Å². The highest BCUT2D eigenvalue weighted by molar-refractivity contribution is 6.08. The lowest BCUT2D eigenvalue weighted by atomic mass is 9.71. The van der Waals surface area contributed by atoms with Crippen molar-refractivity contribution in [2.45, 2.75) is 50.5 Å². The van der Waals surface area contributed by atoms with E-state index < -0.39 is 34.3 Å². The Labute approximate surface area is 155 Å². The van der Waals surface area contributed by atoms with Gasteiger partial charge in [0.15, 0.2) is 22.8 Å². The van der Waals surface area contributed by atoms with E-state index in [1.807, 2.05) is 0 Å². The summed E-state index contributed by atoms with van der Waals surface area (Å²) in [5.74, 6) is -7.74. The van der Waals surface area contributed by atoms with Crippen molar-refractivity contribution in [1.82, 2.24) is 0 Å². The normalized spacial score (nSPS) is 41.9. The average molecular weight is 382 g/mol. The van der Waals surface area contributed by atoms with E-state index >= 15 is 0 Å². The maximum Gasteiger partial charge on any atom is 0.236 e. The van der Waals surface area contributed by atoms with Gasteiger partial charge in [0.1, 0.15) is 11.5 Å². The monoisotopic (exact) mass is 382 g/mol. The fraction of sp³-hybridized carbons (Fsp3) is 0.556. The topological polar surface area (TPSA) is 143 Å². The van der Waals surface area contributed by atoms with Gasteiger partial charge in [-0.25, -0.2) is 0 Å². The summed E-state index contributed by atoms with van der Waals surface area (Å²) >= 11 is 0. The molecule has 0 aromatic heterocycles. The van der Waals surface area contributed by atoms with Gasteiger partial charge in [-0.05, 0) is 27.7 Å². The fourth-order valence-corrected chi connectivity index (χ4v) is 4.00. The number of carbonyl (C=O) groups excluding carboxylic acids is 2. The van der Waals surface area contributed by atoms with E-state index in [-0.39, 0.29) is 33.8 Å². The Hall–Kier alpha value is -2.04. The molecule has 0 spiro atoms. The maximum absolute atomic E-state index is 12.6. The molecule has 148 valence electrons. The summed E-state index contributed by atoms with van der Waals surface area (Å²) in [6.07, 6.45) is 0. The summed E-state index contributed by atoms with van der Waals surface area (Å²) in [5, 5.41) is 44.0. The molecule has 4 atom stereocenters. The molecular weight excluding hydrogens is 360 g/mol. The molecule has 0 aromatic rings. The smallest absolute Gasteiger partial charge is 0.236 e. The minimum atomic E-state index is -2.81. The molecule has 0 radical (unpaired) electrons. The zero-order valence-corrected chi connectivity index (χ0v) is 15.8. The van der Waals surface area contributed by atoms with Crippen LogP contribution in [0.5, 0.6) is 0 Å². The average Bonchev–Trinajstić information content (AvgIpc) is 2.84. The summed E-state index contributed by atoms with van der Waals surface area (Å²) in [4.78, 5) is 25.2. The Morgan fingerprint density at radius 2 is 1.04 bits per heavy atom. The van der Waals surface area contributed by atoms with Crippen LogP contribution in [0.15, 0.2) is 33.8 Å². The zero-order chi connectivity index (χ0) is 20.7. The summed E-state index contributed by atoms with van der Waals surface area (Å²) < 4.78 is 15.9. The van der Waals surface area contributed by atoms with Crippen molar-refractivity contribution in [3.8, 4) is 0 Å². The van der Waals surface area contributed by atoms with Crippen molar-refractivity contribution < 1.29 is 44.2 Å². The van der Waals surface area contributed by atoms with E-state index in [2.05, 4.69) is 0 Å². The number of fused-ring (bicyclic) bond motifs is 2. The molecule has 2 aliphatic carbocycles. The van der Waals surface area contributed by atoms with Crippen LogP contribution in [0.2, 0.25) is 0 Å². The zero-order valence-electron chi connectivity index (χ0n) is 15.8. The summed E-state index contributed by atoms with van der Waals surface area (Å²) in [5.41, 5.74) is -5.74. The van der Waals surface area contributed by atoms with Gasteiger partial charge in [0.25, 0.3) is 0 Å². The van der Waals surface area contributed by atoms with E-state index in [0.717, 1.165) is 13.8 Å². The quantitative estimate of drug-likeness (QED) is 0.482. The lowest BCUT2D eigenvalue weighted by molar-refractivity contribution is -0.357. The van der Waals surface area contributed by atoms with Crippen LogP contribution >= 0.6 is 0 Å². The minimum Gasteiger partial charge on any atom is -0.496 e. The van der Waals surface area contributed by atoms with Crippen LogP contribution in [-0.2, 0) is 23.8 Å². The SMILES string of the molecule is COC1=C(C)C(=O)C(C)(O)C2(O)OC3(O)C(=C12)C(OC)=C(C)C(=O)C3(C)O. The van der Waals surface area contributed by atoms with E-state index in [0.29, 0.717) is 0 Å². The first kappa shape index (κ1) is 19.7. The molecule has 3 rings (SSSR count). The molecule has 1 aliphatic heterocycles. The third-order valence-electron chi connectivity index (χ3n) is 5.65. The number of aliphatic hydroxyl groups is 4. The number of carbonyl (C=O) groups is 2. The van der Waals surface area contributed by atoms with Crippen LogP contribution in [0.1, 0.15) is 27.7 Å². The molecule has 9 heteroatoms. The summed E-state index contributed by atoms with van der Waals surface area (Å²) in [6.45, 7) is 4.75. The molecule has 0 aromatic carbocycles. The number of methoxy groups -OCH3 is 2. The summed E-state index contributed by atoms with van der Waals surface area (Å²) in [6, 6.07) is 0. The third-order valence-corrected chi connectivity index (χ3v) is 5.65. The van der Waals surface area contributed by atoms with Gasteiger partial charge in [0.2, 0.25) is 11.6 Å². The van der Waals surface area contributed by atoms with E-state index in [1.165, 1.54) is 28.1 Å². The molecule has 0 amide bonds. The number of ketones is 2. The van der Waals surface area contributed by atoms with Crippen LogP contribution in [0, 0.1) is 0 Å². The Morgan fingerprint density at radius 1 is 0.741 bits per heavy atom. The largest absolute Gasteiger partial charge is 0.496 e. The lowest BCUT2D eigenvalue weighted by Crippen LogP contribution is -2.67. The van der Waals surface area contributed by atoms with Crippen molar-refractivity contribution in [3.05, 3.63) is 33.8 Å². The number of ether oxygens (including phenoxy) is 3. The molecule has 4 N–H and O–H groups in total. The Kier molecular flexibility index (Phi) is 3.85. The van der Waals surface area contributed by atoms with Gasteiger partial charge < -0.3 is 34.6 Å². The second-order valence-corrected chi connectivity index (χ2v) is 7.26. The highest BCUT2D eigenvalue weighted by Crippen LogP contribution is 2.59. The summed E-state index contributed by atoms with van der Waals surface area (Å²) in [7, 11) is 2.46. The Balaban J connectivity index is 2.56. The van der Waals surface area contributed by atoms with E-state index in [1.54, 1.807) is 0 Å². The minimum absolute atomic E-state index is 0.0350. The van der Waals surface area contributed by atoms with Crippen molar-refractivity contribution in [2.24, 2.45) is 0 Å². The van der Waals surface area contributed by atoms with Crippen molar-refractivity contribution in [3.63, 3.8) is 0 Å². The standard InChI is InChI=1S/C18H22O9/c1-7-11(25-5)9-10-12(26-6)8(2)14(20)16(4,22)18(10,24)27-17(9,23)15(3,21)13(7)19/h21-24H,1-6H3. The Morgan fingerprint density at radius 3 is 1.30 bits per heavy atom. The van der Waals surface area contributed by atoms with Crippen molar-refractivity contribution in [2.75, 3.05) is 14.2 Å². The number of Topliss-reactive ketones (excluding diaryl/α,β-unsaturated/α-hetero) is 2. The molecule has 3 aliphatic rings. The fourth-order valence-electron chi connectivity index (χ4n) is 4.00. The van der Waals surface area contributed by atoms with Crippen LogP contribution in [0.4, 0.5) is 0 Å².